The summed E-state index contributed by atoms with van der Waals surface area (Å²) in [6.07, 6.45) is 7.64. The van der Waals surface area contributed by atoms with Crippen molar-refractivity contribution in [3.8, 4) is 22.5 Å². The normalized spacial score (nSPS) is 14.3. The van der Waals surface area contributed by atoms with Gasteiger partial charge < -0.3 is 15.3 Å². The predicted molar refractivity (Wildman–Crippen MR) is 167 cm³/mol. The second-order valence-electron chi connectivity index (χ2n) is 12.0. The van der Waals surface area contributed by atoms with Crippen molar-refractivity contribution in [2.24, 2.45) is 0 Å². The van der Waals surface area contributed by atoms with E-state index in [-0.39, 0.29) is 11.8 Å². The lowest BCUT2D eigenvalue weighted by molar-refractivity contribution is -0.139. The van der Waals surface area contributed by atoms with Gasteiger partial charge in [-0.15, -0.1) is 0 Å². The number of piperidine rings is 1. The van der Waals surface area contributed by atoms with Crippen LogP contribution in [-0.4, -0.2) is 46.1 Å². The van der Waals surface area contributed by atoms with Gasteiger partial charge in [0.15, 0.2) is 5.82 Å². The third-order valence-corrected chi connectivity index (χ3v) is 7.84. The number of carboxylic acid groups (broad SMARTS) is 1. The number of aliphatic carboxylic acids is 1. The van der Waals surface area contributed by atoms with Gasteiger partial charge in [-0.2, -0.15) is 0 Å². The summed E-state index contributed by atoms with van der Waals surface area (Å²) >= 11 is 0. The molecule has 3 aromatic carbocycles. The highest BCUT2D eigenvalue weighted by Crippen LogP contribution is 2.26. The molecule has 1 atom stereocenters. The lowest BCUT2D eigenvalue weighted by Gasteiger charge is -2.28. The van der Waals surface area contributed by atoms with E-state index in [1.165, 1.54) is 24.9 Å². The molecule has 2 heterocycles. The zero-order chi connectivity index (χ0) is 29.7. The molecule has 4 aromatic rings. The molecule has 0 unspecified atom stereocenters. The van der Waals surface area contributed by atoms with E-state index >= 15 is 0 Å². The molecule has 1 aromatic heterocycles. The van der Waals surface area contributed by atoms with Crippen LogP contribution >= 0.6 is 0 Å². The largest absolute Gasteiger partial charge is 0.480 e. The Morgan fingerprint density at radius 1 is 0.810 bits per heavy atom. The molecule has 2 N–H and O–H groups in total. The van der Waals surface area contributed by atoms with E-state index in [1.54, 1.807) is 12.1 Å². The topological polar surface area (TPSA) is 95.4 Å². The number of benzene rings is 3. The Morgan fingerprint density at radius 3 is 1.98 bits per heavy atom. The van der Waals surface area contributed by atoms with Crippen LogP contribution in [0.4, 0.5) is 5.69 Å². The maximum absolute atomic E-state index is 12.8. The number of hydrogen-bond donors (Lipinski definition) is 2. The highest BCUT2D eigenvalue weighted by molar-refractivity contribution is 5.96. The van der Waals surface area contributed by atoms with Crippen LogP contribution in [0.5, 0.6) is 0 Å². The minimum Gasteiger partial charge on any atom is -0.480 e. The summed E-state index contributed by atoms with van der Waals surface area (Å²) in [5.41, 5.74) is 6.42. The number of anilines is 1. The first-order valence-corrected chi connectivity index (χ1v) is 14.6. The molecule has 1 fully saturated rings. The number of nitrogens with one attached hydrogen (secondary N) is 1. The van der Waals surface area contributed by atoms with Crippen molar-refractivity contribution in [3.63, 3.8) is 0 Å². The summed E-state index contributed by atoms with van der Waals surface area (Å²) < 4.78 is 0. The Hall–Kier alpha value is -4.52. The van der Waals surface area contributed by atoms with Gasteiger partial charge in [0.05, 0.1) is 0 Å². The zero-order valence-electron chi connectivity index (χ0n) is 24.5. The highest BCUT2D eigenvalue weighted by Gasteiger charge is 2.22. The number of hydrogen-bond acceptors (Lipinski definition) is 5. The van der Waals surface area contributed by atoms with Crippen LogP contribution in [0, 0.1) is 0 Å². The van der Waals surface area contributed by atoms with E-state index in [1.807, 2.05) is 48.8 Å². The van der Waals surface area contributed by atoms with Gasteiger partial charge in [-0.25, -0.2) is 14.8 Å². The van der Waals surface area contributed by atoms with E-state index in [9.17, 15) is 14.7 Å². The van der Waals surface area contributed by atoms with Gasteiger partial charge in [0.1, 0.15) is 6.04 Å². The smallest absolute Gasteiger partial charge is 0.326 e. The van der Waals surface area contributed by atoms with Crippen LogP contribution in [-0.2, 0) is 16.6 Å². The number of aromatic nitrogens is 2. The van der Waals surface area contributed by atoms with Gasteiger partial charge in [0, 0.05) is 54.3 Å². The minimum atomic E-state index is -1.08. The Bertz CT molecular complexity index is 1500. The second-order valence-corrected chi connectivity index (χ2v) is 12.0. The lowest BCUT2D eigenvalue weighted by Crippen LogP contribution is -2.42. The second kappa shape index (κ2) is 12.6. The zero-order valence-corrected chi connectivity index (χ0v) is 24.5. The molecule has 7 nitrogen and oxygen atoms in total. The Kier molecular flexibility index (Phi) is 8.67. The van der Waals surface area contributed by atoms with Gasteiger partial charge in [-0.3, -0.25) is 4.79 Å². The van der Waals surface area contributed by atoms with E-state index in [2.05, 4.69) is 65.2 Å². The summed E-state index contributed by atoms with van der Waals surface area (Å²) in [5.74, 6) is -0.896. The molecular weight excluding hydrogens is 524 g/mol. The molecule has 0 spiro atoms. The summed E-state index contributed by atoms with van der Waals surface area (Å²) in [4.78, 5) is 36.3. The summed E-state index contributed by atoms with van der Waals surface area (Å²) in [5, 5.41) is 12.4. The Morgan fingerprint density at radius 2 is 1.40 bits per heavy atom. The molecule has 0 saturated carbocycles. The quantitative estimate of drug-likeness (QED) is 0.254. The first kappa shape index (κ1) is 29.0. The number of amides is 1. The third kappa shape index (κ3) is 7.03. The van der Waals surface area contributed by atoms with E-state index in [0.717, 1.165) is 40.9 Å². The van der Waals surface area contributed by atoms with Crippen molar-refractivity contribution in [2.75, 3.05) is 18.0 Å². The first-order chi connectivity index (χ1) is 20.2. The lowest BCUT2D eigenvalue weighted by atomic mass is 9.86. The van der Waals surface area contributed by atoms with Crippen LogP contribution in [0.3, 0.4) is 0 Å². The third-order valence-electron chi connectivity index (χ3n) is 7.84. The van der Waals surface area contributed by atoms with Gasteiger partial charge in [-0.05, 0) is 65.6 Å². The average Bonchev–Trinajstić information content (AvgIpc) is 3.01. The average molecular weight is 563 g/mol. The van der Waals surface area contributed by atoms with Crippen molar-refractivity contribution in [3.05, 3.63) is 102 Å². The van der Waals surface area contributed by atoms with Crippen molar-refractivity contribution in [1.82, 2.24) is 15.3 Å². The molecule has 1 amide bonds. The van der Waals surface area contributed by atoms with Crippen molar-refractivity contribution < 1.29 is 14.7 Å². The standard InChI is InChI=1S/C35H38N4O3/c1-35(2,3)29-15-11-27(12-16-29)33(40)38-31(34(41)42)21-24-7-9-26(10-8-24)32-36-22-28(23-37-32)25-13-17-30(18-14-25)39-19-5-4-6-20-39/h7-18,22-23,31H,4-6,19-21H2,1-3H3,(H,38,40)(H,41,42)/t31-/m0/s1. The number of carboxylic acids is 1. The maximum atomic E-state index is 12.8. The van der Waals surface area contributed by atoms with Crippen molar-refractivity contribution in [2.45, 2.75) is 57.9 Å². The maximum Gasteiger partial charge on any atom is 0.326 e. The molecule has 0 radical (unpaired) electrons. The first-order valence-electron chi connectivity index (χ1n) is 14.6. The molecule has 1 aliphatic heterocycles. The Balaban J connectivity index is 1.21. The van der Waals surface area contributed by atoms with Gasteiger partial charge >= 0.3 is 5.97 Å². The molecule has 0 aliphatic carbocycles. The molecule has 0 bridgehead atoms. The van der Waals surface area contributed by atoms with E-state index < -0.39 is 17.9 Å². The summed E-state index contributed by atoms with van der Waals surface area (Å²) in [6.45, 7) is 8.54. The minimum absolute atomic E-state index is 0.0310. The van der Waals surface area contributed by atoms with Crippen LogP contribution in [0.1, 0.15) is 61.5 Å². The fourth-order valence-corrected chi connectivity index (χ4v) is 5.23. The van der Waals surface area contributed by atoms with Crippen LogP contribution in [0.15, 0.2) is 85.2 Å². The predicted octanol–water partition coefficient (Wildman–Crippen LogP) is 6.52. The molecule has 42 heavy (non-hydrogen) atoms. The van der Waals surface area contributed by atoms with Crippen molar-refractivity contribution in [1.29, 1.82) is 0 Å². The molecular formula is C35H38N4O3. The van der Waals surface area contributed by atoms with Crippen molar-refractivity contribution >= 4 is 17.6 Å². The summed E-state index contributed by atoms with van der Waals surface area (Å²) in [6, 6.07) is 22.3. The van der Waals surface area contributed by atoms with Gasteiger partial charge in [0.2, 0.25) is 0 Å². The van der Waals surface area contributed by atoms with Crippen LogP contribution in [0.2, 0.25) is 0 Å². The van der Waals surface area contributed by atoms with Crippen LogP contribution in [0.25, 0.3) is 22.5 Å². The van der Waals surface area contributed by atoms with Crippen LogP contribution < -0.4 is 10.2 Å². The monoisotopic (exact) mass is 562 g/mol. The fraction of sp³-hybridized carbons (Fsp3) is 0.314. The molecule has 1 saturated heterocycles. The molecule has 5 rings (SSSR count). The molecule has 1 aliphatic rings. The molecule has 7 heteroatoms. The van der Waals surface area contributed by atoms with Gasteiger partial charge in [0.25, 0.3) is 5.91 Å². The number of rotatable bonds is 8. The number of carbonyl (C=O) groups excluding carboxylic acids is 1. The van der Waals surface area contributed by atoms with E-state index in [4.69, 9.17) is 0 Å². The number of carbonyl (C=O) groups is 2. The van der Waals surface area contributed by atoms with E-state index in [0.29, 0.717) is 11.4 Å². The summed E-state index contributed by atoms with van der Waals surface area (Å²) in [7, 11) is 0. The van der Waals surface area contributed by atoms with Gasteiger partial charge in [-0.1, -0.05) is 69.3 Å². The molecule has 216 valence electrons. The SMILES string of the molecule is CC(C)(C)c1ccc(C(=O)N[C@@H](Cc2ccc(-c3ncc(-c4ccc(N5CCCCC5)cc4)cn3)cc2)C(=O)O)cc1. The Labute approximate surface area is 247 Å². The number of nitrogens with zero attached hydrogens (tertiary/aromatic N) is 3. The highest BCUT2D eigenvalue weighted by atomic mass is 16.4. The fourth-order valence-electron chi connectivity index (χ4n) is 5.23.